The first kappa shape index (κ1) is 25.1. The Morgan fingerprint density at radius 2 is 2.06 bits per heavy atom. The van der Waals surface area contributed by atoms with Gasteiger partial charge in [0.15, 0.2) is 14.6 Å². The Morgan fingerprint density at radius 1 is 1.28 bits per heavy atom. The van der Waals surface area contributed by atoms with E-state index >= 15 is 0 Å². The van der Waals surface area contributed by atoms with Crippen molar-refractivity contribution >= 4 is 59.1 Å². The van der Waals surface area contributed by atoms with Gasteiger partial charge < -0.3 is 14.2 Å². The molecule has 0 aliphatic carbocycles. The third kappa shape index (κ3) is 6.27. The summed E-state index contributed by atoms with van der Waals surface area (Å²) in [5.41, 5.74) is 0.885. The highest BCUT2D eigenvalue weighted by atomic mass is 79.9. The molecule has 32 heavy (non-hydrogen) atoms. The van der Waals surface area contributed by atoms with E-state index in [1.165, 1.54) is 11.3 Å². The zero-order valence-corrected chi connectivity index (χ0v) is 21.5. The van der Waals surface area contributed by atoms with Gasteiger partial charge in [0.25, 0.3) is 5.91 Å². The van der Waals surface area contributed by atoms with Crippen LogP contribution in [0.2, 0.25) is 0 Å². The van der Waals surface area contributed by atoms with Crippen LogP contribution in [0.25, 0.3) is 10.2 Å². The van der Waals surface area contributed by atoms with Gasteiger partial charge in [0.2, 0.25) is 5.91 Å². The van der Waals surface area contributed by atoms with E-state index in [0.29, 0.717) is 24.5 Å². The van der Waals surface area contributed by atoms with Crippen molar-refractivity contribution in [2.75, 3.05) is 31.8 Å². The number of ether oxygens (including phenoxy) is 1. The van der Waals surface area contributed by atoms with Crippen LogP contribution in [0.5, 0.6) is 0 Å². The van der Waals surface area contributed by atoms with E-state index in [2.05, 4.69) is 20.9 Å². The average molecular weight is 547 g/mol. The summed E-state index contributed by atoms with van der Waals surface area (Å²) in [4.78, 5) is 31.3. The minimum Gasteiger partial charge on any atom is -0.383 e. The molecule has 11 heteroatoms. The molecule has 1 fully saturated rings. The fourth-order valence-electron chi connectivity index (χ4n) is 3.93. The molecule has 1 aromatic carbocycles. The molecule has 1 atom stereocenters. The summed E-state index contributed by atoms with van der Waals surface area (Å²) in [6, 6.07) is 5.80. The highest BCUT2D eigenvalue weighted by Crippen LogP contribution is 2.22. The van der Waals surface area contributed by atoms with E-state index in [1.807, 2.05) is 29.7 Å². The van der Waals surface area contributed by atoms with E-state index in [4.69, 9.17) is 4.74 Å². The van der Waals surface area contributed by atoms with Crippen LogP contribution in [0.3, 0.4) is 0 Å². The van der Waals surface area contributed by atoms with Crippen LogP contribution in [-0.2, 0) is 30.7 Å². The number of carbonyl (C=O) groups excluding carboxylic acids is 2. The van der Waals surface area contributed by atoms with Crippen LogP contribution in [-0.4, -0.2) is 67.5 Å². The maximum absolute atomic E-state index is 12.6. The molecule has 0 spiro atoms. The van der Waals surface area contributed by atoms with Crippen molar-refractivity contribution in [1.82, 2.24) is 9.47 Å². The van der Waals surface area contributed by atoms with Crippen LogP contribution in [0.15, 0.2) is 27.7 Å². The predicted molar refractivity (Wildman–Crippen MR) is 128 cm³/mol. The van der Waals surface area contributed by atoms with Gasteiger partial charge in [-0.05, 0) is 43.9 Å². The van der Waals surface area contributed by atoms with Gasteiger partial charge in [-0.25, -0.2) is 8.42 Å². The monoisotopic (exact) mass is 545 g/mol. The van der Waals surface area contributed by atoms with Gasteiger partial charge in [-0.3, -0.25) is 9.59 Å². The molecule has 1 aromatic heterocycles. The van der Waals surface area contributed by atoms with Gasteiger partial charge >= 0.3 is 0 Å². The fourth-order valence-corrected chi connectivity index (χ4v) is 6.64. The molecule has 1 aliphatic heterocycles. The van der Waals surface area contributed by atoms with Crippen molar-refractivity contribution in [3.63, 3.8) is 0 Å². The minimum absolute atomic E-state index is 0.0736. The first-order valence-electron chi connectivity index (χ1n) is 10.6. The maximum atomic E-state index is 12.6. The number of nitrogens with zero attached hydrogens (tertiary/aromatic N) is 3. The molecular weight excluding hydrogens is 518 g/mol. The summed E-state index contributed by atoms with van der Waals surface area (Å²) in [7, 11) is -2.33. The van der Waals surface area contributed by atoms with E-state index in [0.717, 1.165) is 40.4 Å². The second-order valence-electron chi connectivity index (χ2n) is 7.82. The number of carbonyl (C=O) groups is 2. The normalized spacial score (nSPS) is 17.8. The molecular formula is C21H28BrN3O5S2. The van der Waals surface area contributed by atoms with Gasteiger partial charge in [-0.15, -0.1) is 0 Å². The molecule has 0 N–H and O–H groups in total. The van der Waals surface area contributed by atoms with E-state index in [1.54, 1.807) is 12.0 Å². The highest BCUT2D eigenvalue weighted by molar-refractivity contribution is 9.10. The third-order valence-corrected chi connectivity index (χ3v) is 8.40. The van der Waals surface area contributed by atoms with Gasteiger partial charge in [-0.1, -0.05) is 34.2 Å². The molecule has 1 unspecified atom stereocenters. The first-order chi connectivity index (χ1) is 15.2. The molecule has 2 heterocycles. The number of halogens is 1. The van der Waals surface area contributed by atoms with E-state index < -0.39 is 33.2 Å². The van der Waals surface area contributed by atoms with E-state index in [9.17, 15) is 18.0 Å². The van der Waals surface area contributed by atoms with Crippen LogP contribution >= 0.6 is 27.3 Å². The lowest BCUT2D eigenvalue weighted by atomic mass is 10.0. The van der Waals surface area contributed by atoms with Crippen molar-refractivity contribution in [2.24, 2.45) is 4.99 Å². The van der Waals surface area contributed by atoms with Crippen LogP contribution < -0.4 is 4.80 Å². The molecule has 0 saturated carbocycles. The molecule has 2 aromatic rings. The molecule has 1 saturated heterocycles. The highest BCUT2D eigenvalue weighted by Gasteiger charge is 2.29. The lowest BCUT2D eigenvalue weighted by Crippen LogP contribution is -2.46. The second kappa shape index (κ2) is 11.0. The summed E-state index contributed by atoms with van der Waals surface area (Å²) < 4.78 is 34.0. The Balaban J connectivity index is 1.79. The number of hydrogen-bond donors (Lipinski definition) is 0. The number of benzene rings is 1. The number of fused-ring (bicyclic) bond motifs is 1. The molecule has 0 bridgehead atoms. The lowest BCUT2D eigenvalue weighted by Gasteiger charge is -2.35. The second-order valence-corrected chi connectivity index (χ2v) is 11.8. The van der Waals surface area contributed by atoms with Crippen LogP contribution in [0.1, 0.15) is 32.6 Å². The first-order valence-corrected chi connectivity index (χ1v) is 14.0. The van der Waals surface area contributed by atoms with Crippen molar-refractivity contribution in [3.8, 4) is 0 Å². The summed E-state index contributed by atoms with van der Waals surface area (Å²) in [5.74, 6) is -2.65. The van der Waals surface area contributed by atoms with Gasteiger partial charge in [0.05, 0.1) is 16.8 Å². The number of sulfone groups is 1. The number of methoxy groups -OCH3 is 1. The number of likely N-dealkylation sites (tertiary alicyclic amines) is 1. The number of thiazole rings is 1. The molecule has 3 rings (SSSR count). The van der Waals surface area contributed by atoms with Crippen LogP contribution in [0.4, 0.5) is 0 Å². The lowest BCUT2D eigenvalue weighted by molar-refractivity contribution is -0.132. The minimum atomic E-state index is -3.92. The smallest absolute Gasteiger partial charge is 0.263 e. The molecule has 1 aliphatic rings. The molecule has 8 nitrogen and oxygen atoms in total. The molecule has 0 radical (unpaired) electrons. The summed E-state index contributed by atoms with van der Waals surface area (Å²) in [6.07, 6.45) is 3.60. The number of hydrogen-bond acceptors (Lipinski definition) is 6. The predicted octanol–water partition coefficient (Wildman–Crippen LogP) is 2.74. The Hall–Kier alpha value is -1.56. The number of amides is 2. The largest absolute Gasteiger partial charge is 0.383 e. The quantitative estimate of drug-likeness (QED) is 0.507. The summed E-state index contributed by atoms with van der Waals surface area (Å²) in [6.45, 7) is 3.46. The maximum Gasteiger partial charge on any atom is 0.263 e. The summed E-state index contributed by atoms with van der Waals surface area (Å²) >= 11 is 4.74. The Morgan fingerprint density at radius 3 is 2.78 bits per heavy atom. The molecule has 2 amide bonds. The number of piperidine rings is 1. The zero-order chi connectivity index (χ0) is 23.3. The summed E-state index contributed by atoms with van der Waals surface area (Å²) in [5, 5.41) is 0. The van der Waals surface area contributed by atoms with Crippen molar-refractivity contribution in [2.45, 2.75) is 45.2 Å². The van der Waals surface area contributed by atoms with Crippen LogP contribution in [0, 0.1) is 0 Å². The van der Waals surface area contributed by atoms with Gasteiger partial charge in [0.1, 0.15) is 11.5 Å². The number of rotatable bonds is 8. The Kier molecular flexibility index (Phi) is 8.65. The average Bonchev–Trinajstić information content (AvgIpc) is 3.06. The fraction of sp³-hybridized carbons (Fsp3) is 0.571. The number of aromatic nitrogens is 1. The van der Waals surface area contributed by atoms with Crippen molar-refractivity contribution in [1.29, 1.82) is 0 Å². The van der Waals surface area contributed by atoms with Crippen molar-refractivity contribution in [3.05, 3.63) is 27.5 Å². The van der Waals surface area contributed by atoms with Gasteiger partial charge in [-0.2, -0.15) is 4.99 Å². The standard InChI is InChI=1S/C21H28BrN3O5S2/c1-3-16-6-4-5-9-24(16)20(27)14-32(28,29)13-19(26)23-21-25(10-11-30-2)17-8-7-15(22)12-18(17)31-21/h7-8,12,16H,3-6,9-11,13-14H2,1-2H3. The SMILES string of the molecule is CCC1CCCCN1C(=O)CS(=O)(=O)CC(=O)N=c1sc2cc(Br)ccc2n1CCOC. The Labute approximate surface area is 200 Å². The van der Waals surface area contributed by atoms with Gasteiger partial charge in [0, 0.05) is 30.7 Å². The van der Waals surface area contributed by atoms with E-state index in [-0.39, 0.29) is 6.04 Å². The van der Waals surface area contributed by atoms with Crippen molar-refractivity contribution < 1.29 is 22.7 Å². The Bertz CT molecular complexity index is 1160. The zero-order valence-electron chi connectivity index (χ0n) is 18.3. The topological polar surface area (TPSA) is 98.0 Å². The third-order valence-electron chi connectivity index (χ3n) is 5.49. The molecule has 176 valence electrons.